The number of carbonyl (C=O) groups is 1. The van der Waals surface area contributed by atoms with E-state index in [1.807, 2.05) is 32.0 Å². The van der Waals surface area contributed by atoms with Crippen LogP contribution in [0.3, 0.4) is 0 Å². The number of nitrogens with one attached hydrogen (secondary N) is 1. The molecule has 1 saturated carbocycles. The van der Waals surface area contributed by atoms with Gasteiger partial charge in [0.25, 0.3) is 0 Å². The van der Waals surface area contributed by atoms with Crippen molar-refractivity contribution in [3.05, 3.63) is 59.7 Å². The minimum Gasteiger partial charge on any atom is -0.324 e. The van der Waals surface area contributed by atoms with Crippen molar-refractivity contribution >= 4 is 21.6 Å². The third-order valence-corrected chi connectivity index (χ3v) is 7.55. The van der Waals surface area contributed by atoms with E-state index in [2.05, 4.69) is 5.32 Å². The standard InChI is InChI=1S/C23H30N2O3S/c1-3-19-12-10-11-18(2)23(19)24-22(26)17-25(20-13-6-4-7-14-20)29(27,28)21-15-8-5-9-16-21/h5,8-12,15-16,20H,3-4,6-7,13-14,17H2,1-2H3,(H,24,26). The number of para-hydroxylation sites is 1. The lowest BCUT2D eigenvalue weighted by atomic mass is 9.95. The second kappa shape index (κ2) is 9.55. The SMILES string of the molecule is CCc1cccc(C)c1NC(=O)CN(C1CCCCC1)S(=O)(=O)c1ccccc1. The fraction of sp³-hybridized carbons (Fsp3) is 0.435. The lowest BCUT2D eigenvalue weighted by molar-refractivity contribution is -0.116. The van der Waals surface area contributed by atoms with Gasteiger partial charge in [0, 0.05) is 11.7 Å². The zero-order valence-electron chi connectivity index (χ0n) is 17.2. The highest BCUT2D eigenvalue weighted by atomic mass is 32.2. The number of amides is 1. The Kier molecular flexibility index (Phi) is 7.09. The van der Waals surface area contributed by atoms with Gasteiger partial charge in [-0.15, -0.1) is 0 Å². The highest BCUT2D eigenvalue weighted by Crippen LogP contribution is 2.28. The molecule has 0 unspecified atom stereocenters. The summed E-state index contributed by atoms with van der Waals surface area (Å²) in [6.07, 6.45) is 5.49. The maximum absolute atomic E-state index is 13.4. The summed E-state index contributed by atoms with van der Waals surface area (Å²) >= 11 is 0. The zero-order valence-corrected chi connectivity index (χ0v) is 18.0. The minimum atomic E-state index is -3.74. The van der Waals surface area contributed by atoms with E-state index in [-0.39, 0.29) is 23.4 Å². The van der Waals surface area contributed by atoms with E-state index in [9.17, 15) is 13.2 Å². The molecule has 1 aliphatic carbocycles. The molecule has 0 aliphatic heterocycles. The smallest absolute Gasteiger partial charge is 0.243 e. The number of anilines is 1. The van der Waals surface area contributed by atoms with Crippen LogP contribution < -0.4 is 5.32 Å². The molecule has 0 radical (unpaired) electrons. The summed E-state index contributed by atoms with van der Waals surface area (Å²) in [4.78, 5) is 13.2. The highest BCUT2D eigenvalue weighted by Gasteiger charge is 2.34. The second-order valence-electron chi connectivity index (χ2n) is 7.67. The topological polar surface area (TPSA) is 66.5 Å². The van der Waals surface area contributed by atoms with Crippen LogP contribution in [0.15, 0.2) is 53.4 Å². The van der Waals surface area contributed by atoms with Crippen molar-refractivity contribution in [3.63, 3.8) is 0 Å². The van der Waals surface area contributed by atoms with Crippen LogP contribution in [0, 0.1) is 6.92 Å². The Morgan fingerprint density at radius 1 is 1.03 bits per heavy atom. The zero-order chi connectivity index (χ0) is 20.9. The van der Waals surface area contributed by atoms with Crippen molar-refractivity contribution in [2.45, 2.75) is 63.3 Å². The highest BCUT2D eigenvalue weighted by molar-refractivity contribution is 7.89. The Labute approximate surface area is 174 Å². The molecule has 0 atom stereocenters. The number of aryl methyl sites for hydroxylation is 2. The van der Waals surface area contributed by atoms with Crippen LogP contribution in [0.1, 0.15) is 50.2 Å². The lowest BCUT2D eigenvalue weighted by Crippen LogP contribution is -2.45. The molecule has 0 bridgehead atoms. The van der Waals surface area contributed by atoms with Crippen LogP contribution in [0.4, 0.5) is 5.69 Å². The molecule has 1 aliphatic rings. The number of hydrogen-bond acceptors (Lipinski definition) is 3. The van der Waals surface area contributed by atoms with Gasteiger partial charge in [-0.1, -0.05) is 62.6 Å². The van der Waals surface area contributed by atoms with E-state index in [1.165, 1.54) is 4.31 Å². The van der Waals surface area contributed by atoms with Crippen molar-refractivity contribution < 1.29 is 13.2 Å². The number of sulfonamides is 1. The number of carbonyl (C=O) groups excluding carboxylic acids is 1. The molecule has 1 amide bonds. The Hall–Kier alpha value is -2.18. The van der Waals surface area contributed by atoms with E-state index in [4.69, 9.17) is 0 Å². The van der Waals surface area contributed by atoms with Gasteiger partial charge in [0.2, 0.25) is 15.9 Å². The van der Waals surface area contributed by atoms with Crippen LogP contribution in [0.2, 0.25) is 0 Å². The molecular weight excluding hydrogens is 384 g/mol. The Bertz CT molecular complexity index is 936. The van der Waals surface area contributed by atoms with Gasteiger partial charge in [-0.2, -0.15) is 4.31 Å². The molecule has 3 rings (SSSR count). The van der Waals surface area contributed by atoms with Crippen molar-refractivity contribution in [2.75, 3.05) is 11.9 Å². The van der Waals surface area contributed by atoms with Gasteiger partial charge < -0.3 is 5.32 Å². The first kappa shape index (κ1) is 21.5. The van der Waals surface area contributed by atoms with Crippen molar-refractivity contribution in [2.24, 2.45) is 0 Å². The average Bonchev–Trinajstić information content (AvgIpc) is 2.74. The summed E-state index contributed by atoms with van der Waals surface area (Å²) in [6, 6.07) is 14.2. The summed E-state index contributed by atoms with van der Waals surface area (Å²) in [7, 11) is -3.74. The Morgan fingerprint density at radius 3 is 2.38 bits per heavy atom. The first-order chi connectivity index (χ1) is 13.9. The summed E-state index contributed by atoms with van der Waals surface area (Å²) < 4.78 is 28.1. The van der Waals surface area contributed by atoms with Crippen LogP contribution in [-0.4, -0.2) is 31.2 Å². The largest absolute Gasteiger partial charge is 0.324 e. The summed E-state index contributed by atoms with van der Waals surface area (Å²) in [5.41, 5.74) is 2.82. The molecule has 0 spiro atoms. The van der Waals surface area contributed by atoms with E-state index in [1.54, 1.807) is 30.3 Å². The molecular formula is C23H30N2O3S. The predicted molar refractivity (Wildman–Crippen MR) is 116 cm³/mol. The molecule has 6 heteroatoms. The molecule has 29 heavy (non-hydrogen) atoms. The maximum atomic E-state index is 13.4. The summed E-state index contributed by atoms with van der Waals surface area (Å²) in [5, 5.41) is 2.98. The van der Waals surface area contributed by atoms with E-state index in [0.717, 1.165) is 55.3 Å². The molecule has 1 fully saturated rings. The quantitative estimate of drug-likeness (QED) is 0.724. The molecule has 1 N–H and O–H groups in total. The summed E-state index contributed by atoms with van der Waals surface area (Å²) in [5.74, 6) is -0.293. The fourth-order valence-corrected chi connectivity index (χ4v) is 5.69. The summed E-state index contributed by atoms with van der Waals surface area (Å²) in [6.45, 7) is 3.83. The monoisotopic (exact) mass is 414 g/mol. The lowest BCUT2D eigenvalue weighted by Gasteiger charge is -2.33. The van der Waals surface area contributed by atoms with Crippen molar-refractivity contribution in [1.29, 1.82) is 0 Å². The first-order valence-electron chi connectivity index (χ1n) is 10.4. The molecule has 2 aromatic carbocycles. The van der Waals surface area contributed by atoms with Crippen molar-refractivity contribution in [3.8, 4) is 0 Å². The second-order valence-corrected chi connectivity index (χ2v) is 9.56. The van der Waals surface area contributed by atoms with Gasteiger partial charge in [-0.25, -0.2) is 8.42 Å². The van der Waals surface area contributed by atoms with E-state index < -0.39 is 10.0 Å². The molecule has 156 valence electrons. The number of rotatable bonds is 7. The number of hydrogen-bond donors (Lipinski definition) is 1. The Balaban J connectivity index is 1.87. The maximum Gasteiger partial charge on any atom is 0.243 e. The Morgan fingerprint density at radius 2 is 1.72 bits per heavy atom. The van der Waals surface area contributed by atoms with Gasteiger partial charge >= 0.3 is 0 Å². The third-order valence-electron chi connectivity index (χ3n) is 5.64. The van der Waals surface area contributed by atoms with Crippen molar-refractivity contribution in [1.82, 2.24) is 4.31 Å². The number of benzene rings is 2. The third kappa shape index (κ3) is 5.06. The van der Waals surface area contributed by atoms with E-state index in [0.29, 0.717) is 0 Å². The average molecular weight is 415 g/mol. The van der Waals surface area contributed by atoms with Gasteiger partial charge in [0.05, 0.1) is 11.4 Å². The molecule has 2 aromatic rings. The normalized spacial score (nSPS) is 15.4. The van der Waals surface area contributed by atoms with Gasteiger partial charge in [-0.3, -0.25) is 4.79 Å². The fourth-order valence-electron chi connectivity index (χ4n) is 4.03. The van der Waals surface area contributed by atoms with Crippen LogP contribution in [0.5, 0.6) is 0 Å². The van der Waals surface area contributed by atoms with Crippen LogP contribution >= 0.6 is 0 Å². The molecule has 5 nitrogen and oxygen atoms in total. The van der Waals surface area contributed by atoms with Gasteiger partial charge in [0.15, 0.2) is 0 Å². The van der Waals surface area contributed by atoms with Gasteiger partial charge in [-0.05, 0) is 49.4 Å². The van der Waals surface area contributed by atoms with Gasteiger partial charge in [0.1, 0.15) is 0 Å². The first-order valence-corrected chi connectivity index (χ1v) is 11.8. The van der Waals surface area contributed by atoms with E-state index >= 15 is 0 Å². The number of nitrogens with zero attached hydrogens (tertiary/aromatic N) is 1. The predicted octanol–water partition coefficient (Wildman–Crippen LogP) is 4.52. The molecule has 0 heterocycles. The van der Waals surface area contributed by atoms with Crippen LogP contribution in [-0.2, 0) is 21.2 Å². The van der Waals surface area contributed by atoms with Crippen LogP contribution in [0.25, 0.3) is 0 Å². The molecule has 0 aromatic heterocycles. The minimum absolute atomic E-state index is 0.137. The molecule has 0 saturated heterocycles.